The molecule has 0 saturated heterocycles. The predicted octanol–water partition coefficient (Wildman–Crippen LogP) is 5.20. The van der Waals surface area contributed by atoms with E-state index in [1.807, 2.05) is 22.1 Å². The van der Waals surface area contributed by atoms with Crippen molar-refractivity contribution in [3.8, 4) is 11.3 Å². The Morgan fingerprint density at radius 1 is 1.08 bits per heavy atom. The third kappa shape index (κ3) is 5.01. The molecule has 0 amide bonds. The Labute approximate surface area is 164 Å². The van der Waals surface area contributed by atoms with Crippen LogP contribution in [-0.4, -0.2) is 16.3 Å². The van der Waals surface area contributed by atoms with Crippen molar-refractivity contribution in [2.24, 2.45) is 4.99 Å². The van der Waals surface area contributed by atoms with Crippen LogP contribution in [0.25, 0.3) is 11.3 Å². The maximum Gasteiger partial charge on any atom is 0.190 e. The van der Waals surface area contributed by atoms with Crippen molar-refractivity contribution >= 4 is 45.6 Å². The molecule has 0 aliphatic rings. The highest BCUT2D eigenvalue weighted by molar-refractivity contribution is 8.93. The number of nitrogens with zero attached hydrogens (tertiary/aromatic N) is 2. The van der Waals surface area contributed by atoms with Crippen LogP contribution in [0.5, 0.6) is 0 Å². The van der Waals surface area contributed by atoms with Crippen LogP contribution >= 0.6 is 39.9 Å². The number of hydrogen-bond acceptors (Lipinski definition) is 3. The smallest absolute Gasteiger partial charge is 0.190 e. The Morgan fingerprint density at radius 3 is 2.40 bits per heavy atom. The Kier molecular flexibility index (Phi) is 7.38. The van der Waals surface area contributed by atoms with Gasteiger partial charge in [0.05, 0.1) is 11.4 Å². The van der Waals surface area contributed by atoms with Gasteiger partial charge in [-0.05, 0) is 60.5 Å². The maximum absolute atomic E-state index is 13.2. The summed E-state index contributed by atoms with van der Waals surface area (Å²) < 4.78 is 15.2. The zero-order valence-electron chi connectivity index (χ0n) is 13.2. The van der Waals surface area contributed by atoms with Gasteiger partial charge in [-0.15, -0.1) is 28.3 Å². The first-order valence-electron chi connectivity index (χ1n) is 7.53. The molecule has 0 aliphatic heterocycles. The molecule has 0 saturated carbocycles. The number of aromatic nitrogens is 1. The minimum atomic E-state index is -0.262. The van der Waals surface area contributed by atoms with E-state index in [9.17, 15) is 4.39 Å². The summed E-state index contributed by atoms with van der Waals surface area (Å²) in [6, 6.07) is 13.7. The van der Waals surface area contributed by atoms with E-state index in [2.05, 4.69) is 4.99 Å². The van der Waals surface area contributed by atoms with Crippen LogP contribution < -0.4 is 4.80 Å². The van der Waals surface area contributed by atoms with E-state index in [0.29, 0.717) is 18.0 Å². The summed E-state index contributed by atoms with van der Waals surface area (Å²) in [4.78, 5) is 5.49. The second kappa shape index (κ2) is 9.29. The molecule has 0 aliphatic carbocycles. The molecule has 7 heteroatoms. The van der Waals surface area contributed by atoms with Crippen LogP contribution in [0, 0.1) is 5.82 Å². The van der Waals surface area contributed by atoms with Gasteiger partial charge in [0.2, 0.25) is 0 Å². The summed E-state index contributed by atoms with van der Waals surface area (Å²) in [7, 11) is 0. The van der Waals surface area contributed by atoms with Gasteiger partial charge < -0.3 is 9.67 Å². The second-order valence-corrected chi connectivity index (χ2v) is 6.50. The largest absolute Gasteiger partial charge is 0.396 e. The fraction of sp³-hybridized carbons (Fsp3) is 0.167. The van der Waals surface area contributed by atoms with Gasteiger partial charge in [-0.25, -0.2) is 9.38 Å². The average molecular weight is 444 g/mol. The number of thiazole rings is 1. The molecule has 0 spiro atoms. The van der Waals surface area contributed by atoms with Crippen LogP contribution in [0.15, 0.2) is 58.9 Å². The molecule has 0 fully saturated rings. The summed E-state index contributed by atoms with van der Waals surface area (Å²) in [5.41, 5.74) is 2.69. The van der Waals surface area contributed by atoms with Gasteiger partial charge in [-0.2, -0.15) is 0 Å². The average Bonchev–Trinajstić information content (AvgIpc) is 2.98. The van der Waals surface area contributed by atoms with Crippen molar-refractivity contribution in [1.82, 2.24) is 4.57 Å². The zero-order valence-corrected chi connectivity index (χ0v) is 16.5. The van der Waals surface area contributed by atoms with Gasteiger partial charge in [0.1, 0.15) is 5.82 Å². The zero-order chi connectivity index (χ0) is 16.9. The van der Waals surface area contributed by atoms with E-state index < -0.39 is 0 Å². The molecule has 1 N–H and O–H groups in total. The lowest BCUT2D eigenvalue weighted by atomic mass is 10.1. The third-order valence-electron chi connectivity index (χ3n) is 3.53. The summed E-state index contributed by atoms with van der Waals surface area (Å²) in [5.74, 6) is -0.262. The van der Waals surface area contributed by atoms with E-state index in [1.54, 1.807) is 24.3 Å². The molecular weight excluding hydrogens is 427 g/mol. The highest BCUT2D eigenvalue weighted by Crippen LogP contribution is 2.22. The van der Waals surface area contributed by atoms with Crippen molar-refractivity contribution < 1.29 is 9.50 Å². The summed E-state index contributed by atoms with van der Waals surface area (Å²) in [6.07, 6.45) is 0.624. The number of halogens is 3. The van der Waals surface area contributed by atoms with E-state index in [-0.39, 0.29) is 29.4 Å². The quantitative estimate of drug-likeness (QED) is 0.578. The Balaban J connectivity index is 0.00000225. The topological polar surface area (TPSA) is 37.5 Å². The second-order valence-electron chi connectivity index (χ2n) is 5.23. The van der Waals surface area contributed by atoms with E-state index in [1.165, 1.54) is 23.5 Å². The number of aliphatic hydroxyl groups excluding tert-OH is 1. The molecule has 1 heterocycles. The minimum absolute atomic E-state index is 0. The molecule has 132 valence electrons. The standard InChI is InChI=1S/C18H16ClFN2OS.BrH/c19-14-4-8-16(9-5-14)21-18-22(10-1-11-23)17(12-24-18)13-2-6-15(20)7-3-13;/h2-9,12,23H,1,10-11H2;1H. The number of rotatable bonds is 5. The molecular formula is C18H17BrClFN2OS. The molecule has 0 radical (unpaired) electrons. The predicted molar refractivity (Wildman–Crippen MR) is 106 cm³/mol. The number of benzene rings is 2. The Hall–Kier alpha value is -1.47. The van der Waals surface area contributed by atoms with Crippen LogP contribution in [0.4, 0.5) is 10.1 Å². The number of aliphatic hydroxyl groups is 1. The van der Waals surface area contributed by atoms with Crippen LogP contribution in [0.2, 0.25) is 5.02 Å². The van der Waals surface area contributed by atoms with Gasteiger partial charge in [0, 0.05) is 23.6 Å². The van der Waals surface area contributed by atoms with Crippen molar-refractivity contribution in [1.29, 1.82) is 0 Å². The fourth-order valence-electron chi connectivity index (χ4n) is 2.34. The van der Waals surface area contributed by atoms with Gasteiger partial charge in [0.15, 0.2) is 4.80 Å². The summed E-state index contributed by atoms with van der Waals surface area (Å²) >= 11 is 7.42. The van der Waals surface area contributed by atoms with E-state index >= 15 is 0 Å². The molecule has 2 aromatic carbocycles. The van der Waals surface area contributed by atoms with Gasteiger partial charge in [-0.1, -0.05) is 11.6 Å². The molecule has 0 unspecified atom stereocenters. The van der Waals surface area contributed by atoms with Crippen LogP contribution in [0.3, 0.4) is 0 Å². The van der Waals surface area contributed by atoms with E-state index in [4.69, 9.17) is 16.7 Å². The van der Waals surface area contributed by atoms with Crippen molar-refractivity contribution in [3.63, 3.8) is 0 Å². The lowest BCUT2D eigenvalue weighted by Gasteiger charge is -2.08. The number of hydrogen-bond donors (Lipinski definition) is 1. The highest BCUT2D eigenvalue weighted by Gasteiger charge is 2.08. The minimum Gasteiger partial charge on any atom is -0.396 e. The molecule has 3 nitrogen and oxygen atoms in total. The SMILES string of the molecule is Br.OCCCn1c(-c2ccc(F)cc2)csc1=Nc1ccc(Cl)cc1. The third-order valence-corrected chi connectivity index (χ3v) is 4.64. The first kappa shape index (κ1) is 19.8. The van der Waals surface area contributed by atoms with Gasteiger partial charge in [-0.3, -0.25) is 0 Å². The summed E-state index contributed by atoms with van der Waals surface area (Å²) in [5, 5.41) is 11.8. The lowest BCUT2D eigenvalue weighted by Crippen LogP contribution is -2.16. The first-order valence-corrected chi connectivity index (χ1v) is 8.78. The molecule has 25 heavy (non-hydrogen) atoms. The van der Waals surface area contributed by atoms with Crippen LogP contribution in [0.1, 0.15) is 6.42 Å². The summed E-state index contributed by atoms with van der Waals surface area (Å²) in [6.45, 7) is 0.741. The molecule has 1 aromatic heterocycles. The van der Waals surface area contributed by atoms with Crippen molar-refractivity contribution in [2.75, 3.05) is 6.61 Å². The van der Waals surface area contributed by atoms with Crippen LogP contribution in [-0.2, 0) is 6.54 Å². The van der Waals surface area contributed by atoms with Crippen molar-refractivity contribution in [2.45, 2.75) is 13.0 Å². The van der Waals surface area contributed by atoms with Gasteiger partial charge >= 0.3 is 0 Å². The highest BCUT2D eigenvalue weighted by atomic mass is 79.9. The van der Waals surface area contributed by atoms with Gasteiger partial charge in [0.25, 0.3) is 0 Å². The molecule has 0 bridgehead atoms. The Morgan fingerprint density at radius 2 is 1.76 bits per heavy atom. The van der Waals surface area contributed by atoms with E-state index in [0.717, 1.165) is 21.7 Å². The first-order chi connectivity index (χ1) is 11.7. The lowest BCUT2D eigenvalue weighted by molar-refractivity contribution is 0.279. The molecule has 0 atom stereocenters. The normalized spacial score (nSPS) is 11.4. The maximum atomic E-state index is 13.2. The molecule has 3 aromatic rings. The van der Waals surface area contributed by atoms with Crippen molar-refractivity contribution in [3.05, 3.63) is 69.6 Å². The molecule has 3 rings (SSSR count). The Bertz CT molecular complexity index is 875. The fourth-order valence-corrected chi connectivity index (χ4v) is 3.42. The monoisotopic (exact) mass is 442 g/mol.